The number of hydrogen-bond donors (Lipinski definition) is 2. The van der Waals surface area contributed by atoms with Gasteiger partial charge in [0.25, 0.3) is 5.91 Å². The van der Waals surface area contributed by atoms with Gasteiger partial charge in [-0.25, -0.2) is 4.39 Å². The Balaban J connectivity index is 1.47. The van der Waals surface area contributed by atoms with Crippen LogP contribution in [-0.4, -0.2) is 44.6 Å². The van der Waals surface area contributed by atoms with Gasteiger partial charge in [-0.2, -0.15) is 0 Å². The number of ether oxygens (including phenoxy) is 1. The number of nitrogens with zero attached hydrogens (tertiary/aromatic N) is 1. The minimum absolute atomic E-state index is 0.00476. The number of rotatable bonds is 6. The van der Waals surface area contributed by atoms with Gasteiger partial charge in [-0.3, -0.25) is 9.59 Å². The summed E-state index contributed by atoms with van der Waals surface area (Å²) in [5.74, 6) is -0.272. The molecule has 0 bridgehead atoms. The molecule has 27 heavy (non-hydrogen) atoms. The minimum atomic E-state index is -0.412. The van der Waals surface area contributed by atoms with E-state index in [0.29, 0.717) is 12.1 Å². The van der Waals surface area contributed by atoms with Gasteiger partial charge in [-0.05, 0) is 42.8 Å². The van der Waals surface area contributed by atoms with Gasteiger partial charge in [0, 0.05) is 24.7 Å². The topological polar surface area (TPSA) is 70.7 Å². The van der Waals surface area contributed by atoms with Crippen molar-refractivity contribution in [3.8, 4) is 5.75 Å². The number of halogens is 1. The molecule has 1 saturated heterocycles. The summed E-state index contributed by atoms with van der Waals surface area (Å²) in [6.45, 7) is 1.37. The Morgan fingerprint density at radius 2 is 1.93 bits per heavy atom. The second-order valence-corrected chi connectivity index (χ2v) is 6.36. The van der Waals surface area contributed by atoms with Gasteiger partial charge >= 0.3 is 0 Å². The highest BCUT2D eigenvalue weighted by Crippen LogP contribution is 2.30. The van der Waals surface area contributed by atoms with E-state index < -0.39 is 11.7 Å². The number of amides is 2. The number of para-hydroxylation sites is 2. The smallest absolute Gasteiger partial charge is 0.251 e. The molecule has 2 amide bonds. The lowest BCUT2D eigenvalue weighted by Crippen LogP contribution is -2.43. The number of hydrogen-bond acceptors (Lipinski definition) is 4. The summed E-state index contributed by atoms with van der Waals surface area (Å²) in [7, 11) is 1.64. The van der Waals surface area contributed by atoms with E-state index in [4.69, 9.17) is 4.74 Å². The third-order valence-electron chi connectivity index (χ3n) is 4.50. The maximum atomic E-state index is 12.9. The highest BCUT2D eigenvalue weighted by molar-refractivity contribution is 5.96. The molecule has 1 unspecified atom stereocenters. The van der Waals surface area contributed by atoms with E-state index in [1.54, 1.807) is 7.11 Å². The van der Waals surface area contributed by atoms with Crippen molar-refractivity contribution in [2.75, 3.05) is 31.6 Å². The second-order valence-electron chi connectivity index (χ2n) is 6.36. The standard InChI is InChI=1S/C20H22FN3O3/c1-27-18-5-3-2-4-17(18)24-11-10-16(13-24)23-19(25)12-22-20(26)14-6-8-15(21)9-7-14/h2-9,16H,10-13H2,1H3,(H,22,26)(H,23,25). The number of carbonyl (C=O) groups excluding carboxylic acids is 2. The van der Waals surface area contributed by atoms with Crippen molar-refractivity contribution in [3.05, 3.63) is 59.9 Å². The fourth-order valence-electron chi connectivity index (χ4n) is 3.13. The molecule has 142 valence electrons. The Hall–Kier alpha value is -3.09. The number of anilines is 1. The van der Waals surface area contributed by atoms with Crippen molar-refractivity contribution >= 4 is 17.5 Å². The van der Waals surface area contributed by atoms with Crippen molar-refractivity contribution in [2.24, 2.45) is 0 Å². The van der Waals surface area contributed by atoms with Gasteiger partial charge in [0.2, 0.25) is 5.91 Å². The molecule has 2 aromatic rings. The molecule has 6 nitrogen and oxygen atoms in total. The van der Waals surface area contributed by atoms with Crippen LogP contribution in [0.4, 0.5) is 10.1 Å². The first kappa shape index (κ1) is 18.7. The molecule has 1 atom stereocenters. The van der Waals surface area contributed by atoms with Crippen LogP contribution in [-0.2, 0) is 4.79 Å². The van der Waals surface area contributed by atoms with Crippen molar-refractivity contribution in [2.45, 2.75) is 12.5 Å². The van der Waals surface area contributed by atoms with Crippen LogP contribution in [0.25, 0.3) is 0 Å². The maximum Gasteiger partial charge on any atom is 0.251 e. The number of carbonyl (C=O) groups is 2. The molecular formula is C20H22FN3O3. The largest absolute Gasteiger partial charge is 0.495 e. The lowest BCUT2D eigenvalue weighted by molar-refractivity contribution is -0.120. The normalized spacial score (nSPS) is 16.1. The van der Waals surface area contributed by atoms with E-state index in [0.717, 1.165) is 24.4 Å². The molecular weight excluding hydrogens is 349 g/mol. The van der Waals surface area contributed by atoms with E-state index in [1.807, 2.05) is 24.3 Å². The van der Waals surface area contributed by atoms with Crippen LogP contribution in [0.3, 0.4) is 0 Å². The third-order valence-corrected chi connectivity index (χ3v) is 4.50. The second kappa shape index (κ2) is 8.53. The van der Waals surface area contributed by atoms with Gasteiger partial charge in [-0.1, -0.05) is 12.1 Å². The number of nitrogens with one attached hydrogen (secondary N) is 2. The minimum Gasteiger partial charge on any atom is -0.495 e. The zero-order valence-corrected chi connectivity index (χ0v) is 15.1. The van der Waals surface area contributed by atoms with Crippen molar-refractivity contribution < 1.29 is 18.7 Å². The molecule has 2 N–H and O–H groups in total. The number of methoxy groups -OCH3 is 1. The first-order chi connectivity index (χ1) is 13.1. The average Bonchev–Trinajstić information content (AvgIpc) is 3.14. The van der Waals surface area contributed by atoms with Crippen molar-refractivity contribution in [3.63, 3.8) is 0 Å². The first-order valence-corrected chi connectivity index (χ1v) is 8.78. The van der Waals surface area contributed by atoms with Crippen LogP contribution in [0.5, 0.6) is 5.75 Å². The molecule has 1 aliphatic rings. The summed E-state index contributed by atoms with van der Waals surface area (Å²) in [6, 6.07) is 13.0. The van der Waals surface area contributed by atoms with Crippen LogP contribution >= 0.6 is 0 Å². The zero-order chi connectivity index (χ0) is 19.2. The number of benzene rings is 2. The average molecular weight is 371 g/mol. The molecule has 0 spiro atoms. The lowest BCUT2D eigenvalue weighted by Gasteiger charge is -2.21. The highest BCUT2D eigenvalue weighted by Gasteiger charge is 2.25. The Labute approximate surface area is 157 Å². The molecule has 3 rings (SSSR count). The molecule has 0 aliphatic carbocycles. The maximum absolute atomic E-state index is 12.9. The van der Waals surface area contributed by atoms with Crippen LogP contribution in [0.2, 0.25) is 0 Å². The molecule has 1 fully saturated rings. The summed E-state index contributed by atoms with van der Waals surface area (Å²) < 4.78 is 18.3. The molecule has 0 aromatic heterocycles. The van der Waals surface area contributed by atoms with Gasteiger partial charge in [0.05, 0.1) is 19.3 Å². The quantitative estimate of drug-likeness (QED) is 0.814. The predicted octanol–water partition coefficient (Wildman–Crippen LogP) is 1.96. The molecule has 2 aromatic carbocycles. The Morgan fingerprint density at radius 3 is 2.67 bits per heavy atom. The predicted molar refractivity (Wildman–Crippen MR) is 100 cm³/mol. The first-order valence-electron chi connectivity index (χ1n) is 8.78. The van der Waals surface area contributed by atoms with Crippen LogP contribution in [0.15, 0.2) is 48.5 Å². The fraction of sp³-hybridized carbons (Fsp3) is 0.300. The molecule has 7 heteroatoms. The van der Waals surface area contributed by atoms with Crippen LogP contribution in [0, 0.1) is 5.82 Å². The van der Waals surface area contributed by atoms with E-state index >= 15 is 0 Å². The van der Waals surface area contributed by atoms with Crippen molar-refractivity contribution in [1.82, 2.24) is 10.6 Å². The summed E-state index contributed by atoms with van der Waals surface area (Å²) >= 11 is 0. The molecule has 0 radical (unpaired) electrons. The Morgan fingerprint density at radius 1 is 1.19 bits per heavy atom. The SMILES string of the molecule is COc1ccccc1N1CCC(NC(=O)CNC(=O)c2ccc(F)cc2)C1. The summed E-state index contributed by atoms with van der Waals surface area (Å²) in [4.78, 5) is 26.3. The monoisotopic (exact) mass is 371 g/mol. The Bertz CT molecular complexity index is 810. The van der Waals surface area contributed by atoms with Gasteiger partial charge in [0.15, 0.2) is 0 Å². The van der Waals surface area contributed by atoms with E-state index in [-0.39, 0.29) is 18.5 Å². The summed E-state index contributed by atoms with van der Waals surface area (Å²) in [6.07, 6.45) is 0.815. The van der Waals surface area contributed by atoms with Crippen molar-refractivity contribution in [1.29, 1.82) is 0 Å². The van der Waals surface area contributed by atoms with Crippen LogP contribution in [0.1, 0.15) is 16.8 Å². The van der Waals surface area contributed by atoms with Gasteiger partial charge in [-0.15, -0.1) is 0 Å². The molecule has 1 aliphatic heterocycles. The highest BCUT2D eigenvalue weighted by atomic mass is 19.1. The lowest BCUT2D eigenvalue weighted by atomic mass is 10.2. The third kappa shape index (κ3) is 4.75. The fourth-order valence-corrected chi connectivity index (χ4v) is 3.13. The molecule has 1 heterocycles. The zero-order valence-electron chi connectivity index (χ0n) is 15.1. The van der Waals surface area contributed by atoms with Crippen LogP contribution < -0.4 is 20.3 Å². The van der Waals surface area contributed by atoms with E-state index in [2.05, 4.69) is 15.5 Å². The van der Waals surface area contributed by atoms with E-state index in [1.165, 1.54) is 24.3 Å². The van der Waals surface area contributed by atoms with Gasteiger partial charge in [0.1, 0.15) is 11.6 Å². The van der Waals surface area contributed by atoms with E-state index in [9.17, 15) is 14.0 Å². The molecule has 0 saturated carbocycles. The van der Waals surface area contributed by atoms with Gasteiger partial charge < -0.3 is 20.3 Å². The Kier molecular flexibility index (Phi) is 5.90. The summed E-state index contributed by atoms with van der Waals surface area (Å²) in [5.41, 5.74) is 1.31. The summed E-state index contributed by atoms with van der Waals surface area (Å²) in [5, 5.41) is 5.48.